The minimum atomic E-state index is -0.935. The summed E-state index contributed by atoms with van der Waals surface area (Å²) in [6, 6.07) is 8.02. The van der Waals surface area contributed by atoms with Gasteiger partial charge in [0.2, 0.25) is 0 Å². The topological polar surface area (TPSA) is 69.6 Å². The van der Waals surface area contributed by atoms with Crippen LogP contribution in [0.5, 0.6) is 0 Å². The van der Waals surface area contributed by atoms with E-state index in [-0.39, 0.29) is 12.2 Å². The molecule has 0 saturated heterocycles. The first-order chi connectivity index (χ1) is 7.99. The third-order valence-corrected chi connectivity index (χ3v) is 1.94. The Morgan fingerprint density at radius 1 is 1.41 bits per heavy atom. The van der Waals surface area contributed by atoms with Crippen molar-refractivity contribution in [1.82, 2.24) is 0 Å². The lowest BCUT2D eigenvalue weighted by molar-refractivity contribution is -0.132. The summed E-state index contributed by atoms with van der Waals surface area (Å²) in [6.45, 7) is 7.43. The first-order valence-electron chi connectivity index (χ1n) is 5.28. The maximum Gasteiger partial charge on any atom is 0.330 e. The number of aliphatic hydroxyl groups is 1. The van der Waals surface area contributed by atoms with E-state index >= 15 is 0 Å². The number of hydrogen-bond donors (Lipinski definition) is 3. The molecule has 0 aliphatic carbocycles. The second-order valence-electron chi connectivity index (χ2n) is 3.55. The molecular weight excluding hydrogens is 218 g/mol. The molecule has 0 amide bonds. The summed E-state index contributed by atoms with van der Waals surface area (Å²) in [6.07, 6.45) is 0. The van der Waals surface area contributed by atoms with Gasteiger partial charge in [-0.25, -0.2) is 4.79 Å². The SMILES string of the molecule is C=C(C)C(=O)O.Cc1ccccc1NCCO. The number of aliphatic carboxylic acids is 1. The molecule has 0 spiro atoms. The van der Waals surface area contributed by atoms with E-state index < -0.39 is 5.97 Å². The highest BCUT2D eigenvalue weighted by Crippen LogP contribution is 2.11. The number of carbonyl (C=O) groups is 1. The van der Waals surface area contributed by atoms with E-state index in [0.717, 1.165) is 5.69 Å². The highest BCUT2D eigenvalue weighted by Gasteiger charge is 1.92. The Labute approximate surface area is 102 Å². The van der Waals surface area contributed by atoms with E-state index in [0.29, 0.717) is 6.54 Å². The normalized spacial score (nSPS) is 8.88. The molecule has 0 saturated carbocycles. The van der Waals surface area contributed by atoms with Crippen molar-refractivity contribution in [2.75, 3.05) is 18.5 Å². The van der Waals surface area contributed by atoms with Gasteiger partial charge in [0, 0.05) is 17.8 Å². The smallest absolute Gasteiger partial charge is 0.330 e. The average molecular weight is 237 g/mol. The van der Waals surface area contributed by atoms with Crippen LogP contribution in [0, 0.1) is 6.92 Å². The number of anilines is 1. The van der Waals surface area contributed by atoms with E-state index in [1.165, 1.54) is 12.5 Å². The Balaban J connectivity index is 0.000000366. The van der Waals surface area contributed by atoms with Crippen LogP contribution in [0.3, 0.4) is 0 Å². The predicted molar refractivity (Wildman–Crippen MR) is 69.2 cm³/mol. The van der Waals surface area contributed by atoms with Crippen LogP contribution in [0.25, 0.3) is 0 Å². The number of aliphatic hydroxyl groups excluding tert-OH is 1. The molecule has 0 unspecified atom stereocenters. The third kappa shape index (κ3) is 7.14. The van der Waals surface area contributed by atoms with Gasteiger partial charge >= 0.3 is 5.97 Å². The zero-order valence-corrected chi connectivity index (χ0v) is 10.2. The summed E-state index contributed by atoms with van der Waals surface area (Å²) in [5, 5.41) is 19.6. The largest absolute Gasteiger partial charge is 0.478 e. The Morgan fingerprint density at radius 2 is 1.94 bits per heavy atom. The van der Waals surface area contributed by atoms with Crippen LogP contribution in [-0.2, 0) is 4.79 Å². The highest BCUT2D eigenvalue weighted by molar-refractivity contribution is 5.84. The summed E-state index contributed by atoms with van der Waals surface area (Å²) >= 11 is 0. The van der Waals surface area contributed by atoms with E-state index in [4.69, 9.17) is 10.2 Å². The molecule has 94 valence electrons. The lowest BCUT2D eigenvalue weighted by atomic mass is 10.2. The van der Waals surface area contributed by atoms with Crippen LogP contribution in [0.15, 0.2) is 36.4 Å². The first kappa shape index (κ1) is 15.2. The maximum atomic E-state index is 9.60. The molecule has 3 N–H and O–H groups in total. The third-order valence-electron chi connectivity index (χ3n) is 1.94. The van der Waals surface area contributed by atoms with Crippen LogP contribution in [0.2, 0.25) is 0 Å². The minimum Gasteiger partial charge on any atom is -0.478 e. The van der Waals surface area contributed by atoms with Gasteiger partial charge in [-0.15, -0.1) is 0 Å². The van der Waals surface area contributed by atoms with E-state index in [9.17, 15) is 4.79 Å². The molecule has 0 fully saturated rings. The molecule has 4 nitrogen and oxygen atoms in total. The van der Waals surface area contributed by atoms with Gasteiger partial charge in [-0.2, -0.15) is 0 Å². The zero-order chi connectivity index (χ0) is 13.3. The highest BCUT2D eigenvalue weighted by atomic mass is 16.4. The number of rotatable bonds is 4. The van der Waals surface area contributed by atoms with Gasteiger partial charge in [0.15, 0.2) is 0 Å². The van der Waals surface area contributed by atoms with Gasteiger partial charge in [0.05, 0.1) is 6.61 Å². The molecular formula is C13H19NO3. The van der Waals surface area contributed by atoms with Gasteiger partial charge in [0.25, 0.3) is 0 Å². The van der Waals surface area contributed by atoms with Gasteiger partial charge in [-0.1, -0.05) is 24.8 Å². The van der Waals surface area contributed by atoms with Crippen molar-refractivity contribution in [3.63, 3.8) is 0 Å². The molecule has 0 aliphatic rings. The van der Waals surface area contributed by atoms with E-state index in [1.807, 2.05) is 31.2 Å². The van der Waals surface area contributed by atoms with Gasteiger partial charge in [-0.3, -0.25) is 0 Å². The Bertz CT molecular complexity index is 363. The number of nitrogens with one attached hydrogen (secondary N) is 1. The number of carboxylic acids is 1. The number of hydrogen-bond acceptors (Lipinski definition) is 3. The molecule has 0 atom stereocenters. The zero-order valence-electron chi connectivity index (χ0n) is 10.2. The molecule has 0 aromatic heterocycles. The van der Waals surface area contributed by atoms with Gasteiger partial charge in [-0.05, 0) is 25.5 Å². The number of benzene rings is 1. The van der Waals surface area contributed by atoms with Crippen LogP contribution in [0.1, 0.15) is 12.5 Å². The summed E-state index contributed by atoms with van der Waals surface area (Å²) in [7, 11) is 0. The second kappa shape index (κ2) is 8.35. The van der Waals surface area contributed by atoms with Crippen molar-refractivity contribution in [3.8, 4) is 0 Å². The summed E-state index contributed by atoms with van der Waals surface area (Å²) in [5.74, 6) is -0.935. The fraction of sp³-hybridized carbons (Fsp3) is 0.308. The lowest BCUT2D eigenvalue weighted by Gasteiger charge is -2.06. The quantitative estimate of drug-likeness (QED) is 0.701. The fourth-order valence-corrected chi connectivity index (χ4v) is 0.962. The summed E-state index contributed by atoms with van der Waals surface area (Å²) in [4.78, 5) is 9.60. The summed E-state index contributed by atoms with van der Waals surface area (Å²) in [5.41, 5.74) is 2.48. The van der Waals surface area contributed by atoms with Crippen LogP contribution >= 0.6 is 0 Å². The second-order valence-corrected chi connectivity index (χ2v) is 3.55. The van der Waals surface area contributed by atoms with Gasteiger partial charge in [0.1, 0.15) is 0 Å². The van der Waals surface area contributed by atoms with E-state index in [2.05, 4.69) is 11.9 Å². The van der Waals surface area contributed by atoms with Crippen molar-refractivity contribution in [2.45, 2.75) is 13.8 Å². The lowest BCUT2D eigenvalue weighted by Crippen LogP contribution is -2.06. The minimum absolute atomic E-state index is 0.175. The van der Waals surface area contributed by atoms with Crippen LogP contribution in [0.4, 0.5) is 5.69 Å². The standard InChI is InChI=1S/C9H13NO.C4H6O2/c1-8-4-2-3-5-9(8)10-6-7-11;1-3(2)4(5)6/h2-5,10-11H,6-7H2,1H3;1H2,2H3,(H,5,6). The Hall–Kier alpha value is -1.81. The molecule has 1 rings (SSSR count). The van der Waals surface area contributed by atoms with Crippen molar-refractivity contribution < 1.29 is 15.0 Å². The number of carboxylic acid groups (broad SMARTS) is 1. The maximum absolute atomic E-state index is 9.60. The molecule has 1 aromatic rings. The Kier molecular flexibility index (Phi) is 7.46. The average Bonchev–Trinajstić information content (AvgIpc) is 2.29. The van der Waals surface area contributed by atoms with E-state index in [1.54, 1.807) is 0 Å². The molecule has 0 aliphatic heterocycles. The molecule has 0 heterocycles. The van der Waals surface area contributed by atoms with Crippen molar-refractivity contribution in [1.29, 1.82) is 0 Å². The number of para-hydroxylation sites is 1. The number of aryl methyl sites for hydroxylation is 1. The molecule has 1 aromatic carbocycles. The molecule has 0 bridgehead atoms. The molecule has 0 radical (unpaired) electrons. The first-order valence-corrected chi connectivity index (χ1v) is 5.28. The van der Waals surface area contributed by atoms with Crippen LogP contribution < -0.4 is 5.32 Å². The molecule has 17 heavy (non-hydrogen) atoms. The van der Waals surface area contributed by atoms with Crippen molar-refractivity contribution in [3.05, 3.63) is 42.0 Å². The predicted octanol–water partition coefficient (Wildman–Crippen LogP) is 2.05. The van der Waals surface area contributed by atoms with Crippen molar-refractivity contribution in [2.24, 2.45) is 0 Å². The fourth-order valence-electron chi connectivity index (χ4n) is 0.962. The monoisotopic (exact) mass is 237 g/mol. The Morgan fingerprint density at radius 3 is 2.35 bits per heavy atom. The van der Waals surface area contributed by atoms with Gasteiger partial charge < -0.3 is 15.5 Å². The van der Waals surface area contributed by atoms with Crippen LogP contribution in [-0.4, -0.2) is 29.3 Å². The molecule has 4 heteroatoms. The van der Waals surface area contributed by atoms with Crippen molar-refractivity contribution >= 4 is 11.7 Å². The summed E-state index contributed by atoms with van der Waals surface area (Å²) < 4.78 is 0.